The lowest BCUT2D eigenvalue weighted by molar-refractivity contribution is -0.0589. The van der Waals surface area contributed by atoms with Crippen LogP contribution in [-0.2, 0) is 24.3 Å². The number of aromatic carboxylic acids is 1. The number of aromatic amines is 1. The highest BCUT2D eigenvalue weighted by atomic mass is 35.5. The monoisotopic (exact) mass is 596 g/mol. The number of hydrogen-bond acceptors (Lipinski definition) is 5. The minimum atomic E-state index is -0.971. The number of halogens is 2. The molecule has 0 unspecified atom stereocenters. The molecule has 10 heteroatoms. The van der Waals surface area contributed by atoms with Gasteiger partial charge >= 0.3 is 5.97 Å². The summed E-state index contributed by atoms with van der Waals surface area (Å²) in [5.74, 6) is -0.182. The van der Waals surface area contributed by atoms with Crippen molar-refractivity contribution in [2.75, 3.05) is 6.61 Å². The van der Waals surface area contributed by atoms with Crippen LogP contribution in [0.3, 0.4) is 0 Å². The van der Waals surface area contributed by atoms with Gasteiger partial charge in [0.05, 0.1) is 40.5 Å². The van der Waals surface area contributed by atoms with Crippen molar-refractivity contribution in [1.29, 1.82) is 0 Å². The Morgan fingerprint density at radius 2 is 1.95 bits per heavy atom. The second kappa shape index (κ2) is 11.2. The smallest absolute Gasteiger partial charge is 0.335 e. The molecule has 1 fully saturated rings. The number of aromatic nitrogens is 4. The average molecular weight is 597 g/mol. The van der Waals surface area contributed by atoms with E-state index in [0.717, 1.165) is 51.9 Å². The van der Waals surface area contributed by atoms with Crippen LogP contribution in [0.5, 0.6) is 5.88 Å². The summed E-state index contributed by atoms with van der Waals surface area (Å²) >= 11 is 5.86. The van der Waals surface area contributed by atoms with Crippen LogP contribution >= 0.6 is 11.6 Å². The Balaban J connectivity index is 1.20. The first-order valence-electron chi connectivity index (χ1n) is 13.9. The highest BCUT2D eigenvalue weighted by Gasteiger charge is 2.23. The van der Waals surface area contributed by atoms with E-state index in [2.05, 4.69) is 15.6 Å². The quantitative estimate of drug-likeness (QED) is 0.186. The summed E-state index contributed by atoms with van der Waals surface area (Å²) in [5, 5.41) is 10.9. The molecule has 43 heavy (non-hydrogen) atoms. The van der Waals surface area contributed by atoms with Gasteiger partial charge in [0, 0.05) is 46.8 Å². The molecule has 1 atom stereocenters. The van der Waals surface area contributed by atoms with E-state index in [1.54, 1.807) is 36.4 Å². The number of carbonyl (C=O) groups is 1. The zero-order chi connectivity index (χ0) is 29.5. The van der Waals surface area contributed by atoms with E-state index in [0.29, 0.717) is 35.1 Å². The van der Waals surface area contributed by atoms with Gasteiger partial charge in [-0.25, -0.2) is 19.2 Å². The molecule has 4 heterocycles. The van der Waals surface area contributed by atoms with Crippen LogP contribution < -0.4 is 4.74 Å². The van der Waals surface area contributed by atoms with Gasteiger partial charge in [-0.1, -0.05) is 35.9 Å². The molecule has 7 rings (SSSR count). The molecule has 2 N–H and O–H groups in total. The lowest BCUT2D eigenvalue weighted by Crippen LogP contribution is -2.31. The second-order valence-corrected chi connectivity index (χ2v) is 11.0. The van der Waals surface area contributed by atoms with E-state index in [4.69, 9.17) is 31.0 Å². The van der Waals surface area contributed by atoms with Crippen molar-refractivity contribution in [3.63, 3.8) is 0 Å². The number of carboxylic acid groups (broad SMARTS) is 1. The summed E-state index contributed by atoms with van der Waals surface area (Å²) in [6.07, 6.45) is 3.47. The number of hydrogen-bond donors (Lipinski definition) is 2. The fraction of sp³-hybridized carbons (Fsp3) is 0.182. The fourth-order valence-electron chi connectivity index (χ4n) is 5.47. The van der Waals surface area contributed by atoms with E-state index in [9.17, 15) is 14.3 Å². The third-order valence-electron chi connectivity index (χ3n) is 7.81. The summed E-state index contributed by atoms with van der Waals surface area (Å²) in [5.41, 5.74) is 5.75. The third kappa shape index (κ3) is 5.33. The zero-order valence-electron chi connectivity index (χ0n) is 22.9. The number of pyridine rings is 1. The Morgan fingerprint density at radius 3 is 2.74 bits per heavy atom. The first-order valence-corrected chi connectivity index (χ1v) is 14.3. The molecule has 1 aliphatic heterocycles. The van der Waals surface area contributed by atoms with Gasteiger partial charge in [-0.05, 0) is 54.4 Å². The number of carboxylic acids is 1. The van der Waals surface area contributed by atoms with Gasteiger partial charge in [0.25, 0.3) is 0 Å². The van der Waals surface area contributed by atoms with Gasteiger partial charge in [0.1, 0.15) is 18.2 Å². The predicted molar refractivity (Wildman–Crippen MR) is 161 cm³/mol. The molecular formula is C33H26ClFN4O4. The Hall–Kier alpha value is -4.73. The molecule has 0 spiro atoms. The number of H-pyrrole nitrogens is 1. The van der Waals surface area contributed by atoms with E-state index >= 15 is 0 Å². The SMILES string of the molecule is O=C(O)c1ccc2nc(Cc3ccc(-c4cccc(OCc5ccc(Cl)cc5F)n4)c4[nH]ccc34)n(C[C@@H]3CCO3)c2c1. The van der Waals surface area contributed by atoms with E-state index < -0.39 is 11.8 Å². The molecule has 0 bridgehead atoms. The average Bonchev–Trinajstić information content (AvgIpc) is 3.60. The van der Waals surface area contributed by atoms with Crippen molar-refractivity contribution in [3.05, 3.63) is 112 Å². The Kier molecular flexibility index (Phi) is 7.04. The van der Waals surface area contributed by atoms with E-state index in [-0.39, 0.29) is 18.3 Å². The number of imidazole rings is 1. The molecule has 3 aromatic heterocycles. The minimum Gasteiger partial charge on any atom is -0.478 e. The van der Waals surface area contributed by atoms with Gasteiger partial charge in [-0.15, -0.1) is 0 Å². The van der Waals surface area contributed by atoms with Crippen molar-refractivity contribution in [3.8, 4) is 17.1 Å². The zero-order valence-corrected chi connectivity index (χ0v) is 23.6. The number of nitrogens with zero attached hydrogens (tertiary/aromatic N) is 3. The van der Waals surface area contributed by atoms with Crippen LogP contribution in [0.1, 0.15) is 33.7 Å². The van der Waals surface area contributed by atoms with Crippen molar-refractivity contribution in [2.24, 2.45) is 0 Å². The Bertz CT molecular complexity index is 2000. The number of benzene rings is 3. The Labute approximate surface area is 250 Å². The first kappa shape index (κ1) is 27.1. The third-order valence-corrected chi connectivity index (χ3v) is 8.04. The molecule has 0 saturated carbocycles. The normalized spacial score (nSPS) is 14.7. The summed E-state index contributed by atoms with van der Waals surface area (Å²) in [6, 6.07) is 21.1. The maximum Gasteiger partial charge on any atom is 0.335 e. The maximum atomic E-state index is 14.2. The highest BCUT2D eigenvalue weighted by molar-refractivity contribution is 6.30. The molecule has 0 aliphatic carbocycles. The Morgan fingerprint density at radius 1 is 1.09 bits per heavy atom. The van der Waals surface area contributed by atoms with Crippen molar-refractivity contribution >= 4 is 39.5 Å². The molecular weight excluding hydrogens is 571 g/mol. The van der Waals surface area contributed by atoms with Gasteiger partial charge in [-0.3, -0.25) is 0 Å². The molecule has 8 nitrogen and oxygen atoms in total. The molecule has 1 saturated heterocycles. The van der Waals surface area contributed by atoms with Gasteiger partial charge < -0.3 is 24.1 Å². The van der Waals surface area contributed by atoms with Crippen LogP contribution in [0, 0.1) is 5.82 Å². The number of fused-ring (bicyclic) bond motifs is 2. The van der Waals surface area contributed by atoms with E-state index in [1.807, 2.05) is 30.5 Å². The highest BCUT2D eigenvalue weighted by Crippen LogP contribution is 2.32. The summed E-state index contributed by atoms with van der Waals surface area (Å²) in [6.45, 7) is 1.37. The van der Waals surface area contributed by atoms with E-state index in [1.165, 1.54) is 6.07 Å². The maximum absolute atomic E-state index is 14.2. The lowest BCUT2D eigenvalue weighted by Gasteiger charge is -2.27. The summed E-state index contributed by atoms with van der Waals surface area (Å²) in [7, 11) is 0. The van der Waals surface area contributed by atoms with Crippen LogP contribution in [-0.4, -0.2) is 43.3 Å². The summed E-state index contributed by atoms with van der Waals surface area (Å²) < 4.78 is 27.8. The van der Waals surface area contributed by atoms with Crippen molar-refractivity contribution < 1.29 is 23.8 Å². The minimum absolute atomic E-state index is 0.0250. The summed E-state index contributed by atoms with van der Waals surface area (Å²) in [4.78, 5) is 24.6. The largest absolute Gasteiger partial charge is 0.478 e. The van der Waals surface area contributed by atoms with Gasteiger partial charge in [0.15, 0.2) is 0 Å². The fourth-order valence-corrected chi connectivity index (χ4v) is 5.63. The standard InChI is InChI=1S/C33H26ClFN4O4/c34-22-7-4-21(26(35)16-22)18-43-31-3-1-2-27(38-31)25-8-5-19(24-10-12-36-32(24)25)15-30-37-28-9-6-20(33(40)41)14-29(28)39(30)17-23-11-13-42-23/h1-10,12,14,16,23,36H,11,13,15,17-18H2,(H,40,41)/t23-/m0/s1. The number of nitrogens with one attached hydrogen (secondary N) is 1. The van der Waals surface area contributed by atoms with Crippen molar-refractivity contribution in [2.45, 2.75) is 32.1 Å². The topological polar surface area (TPSA) is 102 Å². The predicted octanol–water partition coefficient (Wildman–Crippen LogP) is 7.03. The lowest BCUT2D eigenvalue weighted by atomic mass is 10.0. The number of ether oxygens (including phenoxy) is 2. The molecule has 6 aromatic rings. The van der Waals surface area contributed by atoms with Crippen LogP contribution in [0.25, 0.3) is 33.2 Å². The van der Waals surface area contributed by atoms with Crippen LogP contribution in [0.4, 0.5) is 4.39 Å². The molecule has 0 radical (unpaired) electrons. The van der Waals surface area contributed by atoms with Gasteiger partial charge in [-0.2, -0.15) is 0 Å². The van der Waals surface area contributed by atoms with Crippen molar-refractivity contribution in [1.82, 2.24) is 19.5 Å². The second-order valence-electron chi connectivity index (χ2n) is 10.5. The van der Waals surface area contributed by atoms with Crippen LogP contribution in [0.2, 0.25) is 5.02 Å². The first-order chi connectivity index (χ1) is 20.9. The molecule has 0 amide bonds. The molecule has 3 aromatic carbocycles. The molecule has 1 aliphatic rings. The molecule has 216 valence electrons. The van der Waals surface area contributed by atoms with Gasteiger partial charge in [0.2, 0.25) is 5.88 Å². The van der Waals surface area contributed by atoms with Crippen LogP contribution in [0.15, 0.2) is 79.0 Å². The number of rotatable bonds is 9.